The van der Waals surface area contributed by atoms with Gasteiger partial charge in [0.25, 0.3) is 0 Å². The van der Waals surface area contributed by atoms with E-state index in [1.807, 2.05) is 6.92 Å². The minimum absolute atomic E-state index is 0.00447. The highest BCUT2D eigenvalue weighted by Gasteiger charge is 2.22. The van der Waals surface area contributed by atoms with E-state index in [1.54, 1.807) is 16.8 Å². The van der Waals surface area contributed by atoms with Gasteiger partial charge in [-0.2, -0.15) is 0 Å². The molecule has 0 aromatic heterocycles. The molecule has 0 spiro atoms. The van der Waals surface area contributed by atoms with Gasteiger partial charge in [0.2, 0.25) is 5.91 Å². The summed E-state index contributed by atoms with van der Waals surface area (Å²) < 4.78 is 31.8. The van der Waals surface area contributed by atoms with Crippen molar-refractivity contribution in [3.05, 3.63) is 35.4 Å². The van der Waals surface area contributed by atoms with Crippen LogP contribution in [0.3, 0.4) is 0 Å². The molecule has 1 fully saturated rings. The zero-order valence-electron chi connectivity index (χ0n) is 12.3. The molecule has 0 saturated carbocycles. The van der Waals surface area contributed by atoms with Gasteiger partial charge in [-0.25, -0.2) is 8.78 Å². The van der Waals surface area contributed by atoms with E-state index < -0.39 is 11.6 Å². The number of carbonyl (C=O) groups is 1. The Morgan fingerprint density at radius 1 is 1.48 bits per heavy atom. The number of amides is 1. The first kappa shape index (κ1) is 15.9. The number of morpholine rings is 1. The lowest BCUT2D eigenvalue weighted by Crippen LogP contribution is -2.47. The van der Waals surface area contributed by atoms with Gasteiger partial charge in [-0.15, -0.1) is 0 Å². The molecule has 116 valence electrons. The maximum atomic E-state index is 13.6. The number of ether oxygens (including phenoxy) is 1. The molecule has 4 nitrogen and oxygen atoms in total. The molecular weight excluding hydrogens is 278 g/mol. The highest BCUT2D eigenvalue weighted by atomic mass is 19.1. The van der Waals surface area contributed by atoms with Gasteiger partial charge in [-0.3, -0.25) is 9.69 Å². The summed E-state index contributed by atoms with van der Waals surface area (Å²) in [6.45, 7) is 4.10. The molecule has 1 aromatic rings. The van der Waals surface area contributed by atoms with Gasteiger partial charge in [-0.05, 0) is 20.0 Å². The first-order valence-corrected chi connectivity index (χ1v) is 6.97. The van der Waals surface area contributed by atoms with E-state index in [9.17, 15) is 13.6 Å². The van der Waals surface area contributed by atoms with Crippen molar-refractivity contribution in [3.63, 3.8) is 0 Å². The van der Waals surface area contributed by atoms with Crippen LogP contribution in [-0.2, 0) is 16.1 Å². The monoisotopic (exact) mass is 298 g/mol. The van der Waals surface area contributed by atoms with Gasteiger partial charge in [0.15, 0.2) is 0 Å². The Labute approximate surface area is 123 Å². The molecular formula is C15H20F2N2O2. The number of likely N-dealkylation sites (N-methyl/N-ethyl adjacent to an activating group) is 1. The van der Waals surface area contributed by atoms with Gasteiger partial charge in [0.1, 0.15) is 11.6 Å². The van der Waals surface area contributed by atoms with Gasteiger partial charge in [-0.1, -0.05) is 6.07 Å². The average molecular weight is 298 g/mol. The van der Waals surface area contributed by atoms with Crippen LogP contribution in [0.25, 0.3) is 0 Å². The summed E-state index contributed by atoms with van der Waals surface area (Å²) in [6, 6.07) is 3.48. The summed E-state index contributed by atoms with van der Waals surface area (Å²) in [5.41, 5.74) is 0.377. The third-order valence-electron chi connectivity index (χ3n) is 3.45. The molecule has 6 heteroatoms. The third-order valence-corrected chi connectivity index (χ3v) is 3.45. The van der Waals surface area contributed by atoms with Gasteiger partial charge in [0, 0.05) is 31.3 Å². The Hall–Kier alpha value is -1.53. The fourth-order valence-corrected chi connectivity index (χ4v) is 2.37. The van der Waals surface area contributed by atoms with Crippen molar-refractivity contribution in [2.75, 3.05) is 33.3 Å². The second-order valence-corrected chi connectivity index (χ2v) is 5.43. The second-order valence-electron chi connectivity index (χ2n) is 5.43. The van der Waals surface area contributed by atoms with Gasteiger partial charge in [0.05, 0.1) is 19.3 Å². The van der Waals surface area contributed by atoms with E-state index in [0.717, 1.165) is 6.07 Å². The summed E-state index contributed by atoms with van der Waals surface area (Å²) in [7, 11) is 1.74. The first-order chi connectivity index (χ1) is 9.95. The minimum atomic E-state index is -0.600. The summed E-state index contributed by atoms with van der Waals surface area (Å²) >= 11 is 0. The van der Waals surface area contributed by atoms with E-state index >= 15 is 0 Å². The Morgan fingerprint density at radius 2 is 2.24 bits per heavy atom. The number of hydrogen-bond donors (Lipinski definition) is 0. The van der Waals surface area contributed by atoms with E-state index in [1.165, 1.54) is 12.1 Å². The van der Waals surface area contributed by atoms with Crippen LogP contribution in [0.1, 0.15) is 12.5 Å². The quantitative estimate of drug-likeness (QED) is 0.847. The van der Waals surface area contributed by atoms with E-state index in [0.29, 0.717) is 25.3 Å². The fraction of sp³-hybridized carbons (Fsp3) is 0.533. The second kappa shape index (κ2) is 6.95. The number of halogens is 2. The first-order valence-electron chi connectivity index (χ1n) is 6.97. The maximum Gasteiger partial charge on any atom is 0.236 e. The molecule has 0 radical (unpaired) electrons. The minimum Gasteiger partial charge on any atom is -0.375 e. The van der Waals surface area contributed by atoms with Crippen molar-refractivity contribution in [1.82, 2.24) is 9.80 Å². The lowest BCUT2D eigenvalue weighted by atomic mass is 10.2. The predicted octanol–water partition coefficient (Wildman–Crippen LogP) is 1.64. The lowest BCUT2D eigenvalue weighted by molar-refractivity contribution is -0.139. The largest absolute Gasteiger partial charge is 0.375 e. The zero-order valence-corrected chi connectivity index (χ0v) is 12.3. The number of nitrogens with zero attached hydrogens (tertiary/aromatic N) is 2. The molecule has 21 heavy (non-hydrogen) atoms. The van der Waals surface area contributed by atoms with E-state index in [4.69, 9.17) is 4.74 Å². The van der Waals surface area contributed by atoms with Crippen LogP contribution in [0, 0.1) is 11.6 Å². The number of rotatable bonds is 4. The summed E-state index contributed by atoms with van der Waals surface area (Å²) in [5, 5.41) is 0. The van der Waals surface area contributed by atoms with Crippen LogP contribution in [0.4, 0.5) is 8.78 Å². The molecule has 1 aliphatic heterocycles. The molecule has 0 N–H and O–H groups in total. The van der Waals surface area contributed by atoms with Crippen molar-refractivity contribution < 1.29 is 18.3 Å². The van der Waals surface area contributed by atoms with Crippen LogP contribution in [0.15, 0.2) is 18.2 Å². The Balaban J connectivity index is 1.88. The van der Waals surface area contributed by atoms with Crippen LogP contribution < -0.4 is 0 Å². The highest BCUT2D eigenvalue weighted by molar-refractivity contribution is 5.78. The molecule has 1 aromatic carbocycles. The number of benzene rings is 1. The van der Waals surface area contributed by atoms with Crippen LogP contribution in [0.5, 0.6) is 0 Å². The molecule has 1 unspecified atom stereocenters. The smallest absolute Gasteiger partial charge is 0.236 e. The summed E-state index contributed by atoms with van der Waals surface area (Å²) in [5.74, 6) is -1.19. The lowest BCUT2D eigenvalue weighted by Gasteiger charge is -2.32. The van der Waals surface area contributed by atoms with Crippen molar-refractivity contribution in [3.8, 4) is 0 Å². The fourth-order valence-electron chi connectivity index (χ4n) is 2.37. The van der Waals surface area contributed by atoms with Crippen LogP contribution >= 0.6 is 0 Å². The van der Waals surface area contributed by atoms with Crippen molar-refractivity contribution in [2.24, 2.45) is 0 Å². The topological polar surface area (TPSA) is 32.8 Å². The highest BCUT2D eigenvalue weighted by Crippen LogP contribution is 2.12. The molecule has 1 atom stereocenters. The molecule has 2 rings (SSSR count). The van der Waals surface area contributed by atoms with Gasteiger partial charge < -0.3 is 9.64 Å². The standard InChI is InChI=1S/C15H20F2N2O2/c1-11-8-19(5-6-21-11)15(20)10-18(2)9-12-3-4-13(16)7-14(12)17/h3-4,7,11H,5-6,8-10H2,1-2H3. The summed E-state index contributed by atoms with van der Waals surface area (Å²) in [6.07, 6.45) is 0.0440. The Kier molecular flexibility index (Phi) is 5.25. The molecule has 0 aliphatic carbocycles. The van der Waals surface area contributed by atoms with Crippen molar-refractivity contribution in [1.29, 1.82) is 0 Å². The van der Waals surface area contributed by atoms with Crippen LogP contribution in [-0.4, -0.2) is 55.1 Å². The molecule has 1 amide bonds. The molecule has 1 saturated heterocycles. The van der Waals surface area contributed by atoms with E-state index in [2.05, 4.69) is 0 Å². The average Bonchev–Trinajstić information content (AvgIpc) is 2.42. The normalized spacial score (nSPS) is 19.1. The van der Waals surface area contributed by atoms with Crippen LogP contribution in [0.2, 0.25) is 0 Å². The predicted molar refractivity (Wildman–Crippen MR) is 74.7 cm³/mol. The Bertz CT molecular complexity index is 510. The summed E-state index contributed by atoms with van der Waals surface area (Å²) in [4.78, 5) is 15.6. The third kappa shape index (κ3) is 4.47. The number of carbonyl (C=O) groups excluding carboxylic acids is 1. The number of hydrogen-bond acceptors (Lipinski definition) is 3. The zero-order chi connectivity index (χ0) is 15.4. The van der Waals surface area contributed by atoms with Crippen molar-refractivity contribution >= 4 is 5.91 Å². The van der Waals surface area contributed by atoms with E-state index in [-0.39, 0.29) is 25.1 Å². The van der Waals surface area contributed by atoms with Gasteiger partial charge >= 0.3 is 0 Å². The molecule has 0 bridgehead atoms. The Morgan fingerprint density at radius 3 is 2.90 bits per heavy atom. The molecule has 1 heterocycles. The van der Waals surface area contributed by atoms with Crippen molar-refractivity contribution in [2.45, 2.75) is 19.6 Å². The SMILES string of the molecule is CC1CN(C(=O)CN(C)Cc2ccc(F)cc2F)CCO1. The maximum absolute atomic E-state index is 13.6. The molecule has 1 aliphatic rings.